The van der Waals surface area contributed by atoms with Gasteiger partial charge < -0.3 is 10.4 Å². The third kappa shape index (κ3) is 3.61. The lowest BCUT2D eigenvalue weighted by atomic mass is 10.1. The van der Waals surface area contributed by atoms with Crippen LogP contribution in [-0.2, 0) is 7.05 Å². The number of benzene rings is 2. The summed E-state index contributed by atoms with van der Waals surface area (Å²) in [4.78, 5) is 23.8. The molecule has 3 aromatic rings. The van der Waals surface area contributed by atoms with Crippen molar-refractivity contribution in [3.8, 4) is 11.3 Å². The molecule has 1 heterocycles. The van der Waals surface area contributed by atoms with E-state index in [2.05, 4.69) is 26.3 Å². The van der Waals surface area contributed by atoms with Gasteiger partial charge in [0.15, 0.2) is 5.69 Å². The SMILES string of the molecule is Cn1nc(C(=O)Nc2ccc(Br)cc2C(=O)O)cc1-c1ccccc1. The van der Waals surface area contributed by atoms with E-state index in [0.717, 1.165) is 11.3 Å². The van der Waals surface area contributed by atoms with E-state index in [1.165, 1.54) is 12.1 Å². The molecule has 0 aliphatic carbocycles. The number of anilines is 1. The van der Waals surface area contributed by atoms with Gasteiger partial charge in [0.25, 0.3) is 5.91 Å². The minimum atomic E-state index is -1.12. The van der Waals surface area contributed by atoms with Crippen LogP contribution in [0.3, 0.4) is 0 Å². The van der Waals surface area contributed by atoms with Gasteiger partial charge in [-0.15, -0.1) is 0 Å². The number of nitrogens with zero attached hydrogens (tertiary/aromatic N) is 2. The highest BCUT2D eigenvalue weighted by Crippen LogP contribution is 2.23. The molecular formula is C18H14BrN3O3. The summed E-state index contributed by atoms with van der Waals surface area (Å²) >= 11 is 3.22. The topological polar surface area (TPSA) is 84.2 Å². The van der Waals surface area contributed by atoms with Gasteiger partial charge in [0, 0.05) is 11.5 Å². The summed E-state index contributed by atoms with van der Waals surface area (Å²) in [5.74, 6) is -1.59. The van der Waals surface area contributed by atoms with E-state index in [1.807, 2.05) is 30.3 Å². The van der Waals surface area contributed by atoms with Gasteiger partial charge in [-0.25, -0.2) is 4.79 Å². The molecule has 7 heteroatoms. The predicted molar refractivity (Wildman–Crippen MR) is 97.7 cm³/mol. The van der Waals surface area contributed by atoms with Crippen molar-refractivity contribution in [2.24, 2.45) is 7.05 Å². The molecule has 2 aromatic carbocycles. The van der Waals surface area contributed by atoms with Crippen LogP contribution in [0.25, 0.3) is 11.3 Å². The van der Waals surface area contributed by atoms with Crippen LogP contribution in [0, 0.1) is 0 Å². The second kappa shape index (κ2) is 6.90. The highest BCUT2D eigenvalue weighted by Gasteiger charge is 2.17. The zero-order chi connectivity index (χ0) is 18.0. The van der Waals surface area contributed by atoms with E-state index in [1.54, 1.807) is 23.9 Å². The molecule has 0 radical (unpaired) electrons. The molecule has 126 valence electrons. The van der Waals surface area contributed by atoms with Gasteiger partial charge in [-0.1, -0.05) is 46.3 Å². The minimum absolute atomic E-state index is 0.00180. The Morgan fingerprint density at radius 2 is 1.84 bits per heavy atom. The maximum absolute atomic E-state index is 12.5. The monoisotopic (exact) mass is 399 g/mol. The Hall–Kier alpha value is -2.93. The molecule has 1 aromatic heterocycles. The van der Waals surface area contributed by atoms with Gasteiger partial charge in [-0.2, -0.15) is 5.10 Å². The Bertz CT molecular complexity index is 951. The number of aromatic carboxylic acids is 1. The molecule has 0 aliphatic heterocycles. The first kappa shape index (κ1) is 16.9. The van der Waals surface area contributed by atoms with Crippen molar-refractivity contribution in [2.75, 3.05) is 5.32 Å². The first-order valence-electron chi connectivity index (χ1n) is 7.39. The van der Waals surface area contributed by atoms with E-state index in [9.17, 15) is 14.7 Å². The largest absolute Gasteiger partial charge is 0.478 e. The predicted octanol–water partition coefficient (Wildman–Crippen LogP) is 3.80. The molecule has 2 N–H and O–H groups in total. The van der Waals surface area contributed by atoms with Gasteiger partial charge in [-0.05, 0) is 29.8 Å². The lowest BCUT2D eigenvalue weighted by molar-refractivity contribution is 0.0698. The summed E-state index contributed by atoms with van der Waals surface area (Å²) in [5.41, 5.74) is 2.15. The van der Waals surface area contributed by atoms with Crippen LogP contribution in [0.5, 0.6) is 0 Å². The van der Waals surface area contributed by atoms with Gasteiger partial charge in [0.2, 0.25) is 0 Å². The number of nitrogens with one attached hydrogen (secondary N) is 1. The Labute approximate surface area is 152 Å². The number of carboxylic acid groups (broad SMARTS) is 1. The van der Waals surface area contributed by atoms with Crippen LogP contribution in [-0.4, -0.2) is 26.8 Å². The number of aryl methyl sites for hydroxylation is 1. The van der Waals surface area contributed by atoms with Crippen molar-refractivity contribution in [1.29, 1.82) is 0 Å². The third-order valence-corrected chi connectivity index (χ3v) is 4.14. The quantitative estimate of drug-likeness (QED) is 0.698. The standard InChI is InChI=1S/C18H14BrN3O3/c1-22-16(11-5-3-2-4-6-11)10-15(21-22)17(23)20-14-8-7-12(19)9-13(14)18(24)25/h2-10H,1H3,(H,20,23)(H,24,25). The molecule has 0 saturated carbocycles. The van der Waals surface area contributed by atoms with Crippen molar-refractivity contribution < 1.29 is 14.7 Å². The molecular weight excluding hydrogens is 386 g/mol. The Kier molecular flexibility index (Phi) is 4.67. The number of hydrogen-bond acceptors (Lipinski definition) is 3. The van der Waals surface area contributed by atoms with Gasteiger partial charge in [0.05, 0.1) is 16.9 Å². The number of rotatable bonds is 4. The summed E-state index contributed by atoms with van der Waals surface area (Å²) in [7, 11) is 1.75. The number of hydrogen-bond donors (Lipinski definition) is 2. The molecule has 0 bridgehead atoms. The molecule has 0 spiro atoms. The van der Waals surface area contributed by atoms with Crippen LogP contribution >= 0.6 is 15.9 Å². The number of amides is 1. The van der Waals surface area contributed by atoms with Crippen LogP contribution in [0.2, 0.25) is 0 Å². The number of halogens is 1. The van der Waals surface area contributed by atoms with Crippen molar-refractivity contribution in [2.45, 2.75) is 0 Å². The normalized spacial score (nSPS) is 10.5. The summed E-state index contributed by atoms with van der Waals surface area (Å²) < 4.78 is 2.23. The Morgan fingerprint density at radius 3 is 2.52 bits per heavy atom. The average molecular weight is 400 g/mol. The van der Waals surface area contributed by atoms with Crippen molar-refractivity contribution in [1.82, 2.24) is 9.78 Å². The van der Waals surface area contributed by atoms with Crippen LogP contribution < -0.4 is 5.32 Å². The first-order valence-corrected chi connectivity index (χ1v) is 8.18. The first-order chi connectivity index (χ1) is 12.0. The second-order valence-corrected chi connectivity index (χ2v) is 6.27. The maximum atomic E-state index is 12.5. The van der Waals surface area contributed by atoms with E-state index < -0.39 is 11.9 Å². The van der Waals surface area contributed by atoms with Gasteiger partial charge in [-0.3, -0.25) is 9.48 Å². The molecule has 0 unspecified atom stereocenters. The maximum Gasteiger partial charge on any atom is 0.337 e. The molecule has 0 saturated heterocycles. The fourth-order valence-electron chi connectivity index (χ4n) is 2.45. The van der Waals surface area contributed by atoms with E-state index in [0.29, 0.717) is 4.47 Å². The van der Waals surface area contributed by atoms with Crippen molar-refractivity contribution in [3.63, 3.8) is 0 Å². The number of carboxylic acids is 1. The van der Waals surface area contributed by atoms with E-state index in [4.69, 9.17) is 0 Å². The minimum Gasteiger partial charge on any atom is -0.478 e. The second-order valence-electron chi connectivity index (χ2n) is 5.35. The van der Waals surface area contributed by atoms with Crippen LogP contribution in [0.15, 0.2) is 59.1 Å². The molecule has 1 amide bonds. The van der Waals surface area contributed by atoms with E-state index >= 15 is 0 Å². The zero-order valence-corrected chi connectivity index (χ0v) is 14.8. The molecule has 6 nitrogen and oxygen atoms in total. The molecule has 25 heavy (non-hydrogen) atoms. The summed E-state index contributed by atoms with van der Waals surface area (Å²) in [6.07, 6.45) is 0. The molecule has 0 aliphatic rings. The van der Waals surface area contributed by atoms with Crippen LogP contribution in [0.1, 0.15) is 20.8 Å². The summed E-state index contributed by atoms with van der Waals surface area (Å²) in [6.45, 7) is 0. The fourth-order valence-corrected chi connectivity index (χ4v) is 2.81. The summed E-state index contributed by atoms with van der Waals surface area (Å²) in [5, 5.41) is 16.1. The fraction of sp³-hybridized carbons (Fsp3) is 0.0556. The van der Waals surface area contributed by atoms with E-state index in [-0.39, 0.29) is 16.9 Å². The summed E-state index contributed by atoms with van der Waals surface area (Å²) in [6, 6.07) is 15.9. The van der Waals surface area contributed by atoms with Crippen LogP contribution in [0.4, 0.5) is 5.69 Å². The van der Waals surface area contributed by atoms with Crippen molar-refractivity contribution >= 4 is 33.5 Å². The highest BCUT2D eigenvalue weighted by molar-refractivity contribution is 9.10. The number of carbonyl (C=O) groups is 2. The number of carbonyl (C=O) groups excluding carboxylic acids is 1. The highest BCUT2D eigenvalue weighted by atomic mass is 79.9. The van der Waals surface area contributed by atoms with Gasteiger partial charge >= 0.3 is 5.97 Å². The van der Waals surface area contributed by atoms with Crippen molar-refractivity contribution in [3.05, 3.63) is 70.3 Å². The lowest BCUT2D eigenvalue weighted by Gasteiger charge is -2.07. The lowest BCUT2D eigenvalue weighted by Crippen LogP contribution is -2.15. The Morgan fingerprint density at radius 1 is 1.12 bits per heavy atom. The third-order valence-electron chi connectivity index (χ3n) is 3.64. The zero-order valence-electron chi connectivity index (χ0n) is 13.2. The smallest absolute Gasteiger partial charge is 0.337 e. The average Bonchev–Trinajstić information content (AvgIpc) is 2.99. The molecule has 3 rings (SSSR count). The Balaban J connectivity index is 1.89. The molecule has 0 fully saturated rings. The van der Waals surface area contributed by atoms with Gasteiger partial charge in [0.1, 0.15) is 0 Å². The molecule has 0 atom stereocenters. The number of aromatic nitrogens is 2.